The highest BCUT2D eigenvalue weighted by Crippen LogP contribution is 2.39. The second kappa shape index (κ2) is 4.84. The number of hydrogen-bond acceptors (Lipinski definition) is 2. The summed E-state index contributed by atoms with van der Waals surface area (Å²) in [5, 5.41) is 3.47. The quantitative estimate of drug-likeness (QED) is 0.752. The summed E-state index contributed by atoms with van der Waals surface area (Å²) in [6, 6.07) is 0. The average Bonchev–Trinajstić information content (AvgIpc) is 2.31. The lowest BCUT2D eigenvalue weighted by Crippen LogP contribution is -2.59. The lowest BCUT2D eigenvalue weighted by atomic mass is 9.72. The molecule has 2 heteroatoms. The number of nitrogens with zero attached hydrogens (tertiary/aromatic N) is 1. The minimum Gasteiger partial charge on any atom is -0.314 e. The Bertz CT molecular complexity index is 189. The summed E-state index contributed by atoms with van der Waals surface area (Å²) in [7, 11) is 0. The average molecular weight is 210 g/mol. The Balaban J connectivity index is 2.09. The zero-order chi connectivity index (χ0) is 10.7. The SMILES string of the molecule is CC(C)C1(N2CCNCC2)CCCCC1. The highest BCUT2D eigenvalue weighted by molar-refractivity contribution is 4.96. The normalized spacial score (nSPS) is 28.2. The first-order valence-electron chi connectivity index (χ1n) is 6.71. The second-order valence-corrected chi connectivity index (χ2v) is 5.56. The van der Waals surface area contributed by atoms with Crippen molar-refractivity contribution in [2.45, 2.75) is 51.5 Å². The van der Waals surface area contributed by atoms with Gasteiger partial charge >= 0.3 is 0 Å². The molecule has 0 aromatic carbocycles. The first-order chi connectivity index (χ1) is 7.26. The summed E-state index contributed by atoms with van der Waals surface area (Å²) in [6.45, 7) is 9.75. The summed E-state index contributed by atoms with van der Waals surface area (Å²) in [4.78, 5) is 2.79. The molecule has 1 aliphatic heterocycles. The van der Waals surface area contributed by atoms with E-state index in [0.29, 0.717) is 5.54 Å². The van der Waals surface area contributed by atoms with Gasteiger partial charge in [0.15, 0.2) is 0 Å². The van der Waals surface area contributed by atoms with E-state index in [1.807, 2.05) is 0 Å². The molecular weight excluding hydrogens is 184 g/mol. The first-order valence-corrected chi connectivity index (χ1v) is 6.71. The summed E-state index contributed by atoms with van der Waals surface area (Å²) in [6.07, 6.45) is 7.22. The molecule has 2 nitrogen and oxygen atoms in total. The van der Waals surface area contributed by atoms with Crippen LogP contribution in [0.25, 0.3) is 0 Å². The number of nitrogens with one attached hydrogen (secondary N) is 1. The van der Waals surface area contributed by atoms with Gasteiger partial charge in [0.05, 0.1) is 0 Å². The summed E-state index contributed by atoms with van der Waals surface area (Å²) < 4.78 is 0. The van der Waals surface area contributed by atoms with Gasteiger partial charge in [-0.15, -0.1) is 0 Å². The van der Waals surface area contributed by atoms with Crippen LogP contribution in [0.4, 0.5) is 0 Å². The largest absolute Gasteiger partial charge is 0.314 e. The van der Waals surface area contributed by atoms with E-state index in [2.05, 4.69) is 24.1 Å². The van der Waals surface area contributed by atoms with Crippen LogP contribution in [0.15, 0.2) is 0 Å². The lowest BCUT2D eigenvalue weighted by molar-refractivity contribution is 0.00222. The van der Waals surface area contributed by atoms with Crippen LogP contribution in [0, 0.1) is 5.92 Å². The Morgan fingerprint density at radius 2 is 1.60 bits per heavy atom. The van der Waals surface area contributed by atoms with Crippen molar-refractivity contribution in [1.82, 2.24) is 10.2 Å². The molecule has 2 aliphatic rings. The monoisotopic (exact) mass is 210 g/mol. The van der Waals surface area contributed by atoms with Crippen molar-refractivity contribution < 1.29 is 0 Å². The highest BCUT2D eigenvalue weighted by Gasteiger charge is 2.40. The summed E-state index contributed by atoms with van der Waals surface area (Å²) >= 11 is 0. The van der Waals surface area contributed by atoms with Crippen LogP contribution in [-0.2, 0) is 0 Å². The van der Waals surface area contributed by atoms with Gasteiger partial charge in [-0.05, 0) is 18.8 Å². The fraction of sp³-hybridized carbons (Fsp3) is 1.00. The lowest BCUT2D eigenvalue weighted by Gasteiger charge is -2.51. The number of rotatable bonds is 2. The van der Waals surface area contributed by atoms with E-state index in [-0.39, 0.29) is 0 Å². The summed E-state index contributed by atoms with van der Waals surface area (Å²) in [5.41, 5.74) is 0.542. The van der Waals surface area contributed by atoms with Gasteiger partial charge in [-0.25, -0.2) is 0 Å². The van der Waals surface area contributed by atoms with E-state index in [4.69, 9.17) is 0 Å². The fourth-order valence-electron chi connectivity index (χ4n) is 3.53. The molecule has 0 spiro atoms. The Labute approximate surface area is 94.4 Å². The van der Waals surface area contributed by atoms with Crippen molar-refractivity contribution in [1.29, 1.82) is 0 Å². The van der Waals surface area contributed by atoms with Gasteiger partial charge in [0.25, 0.3) is 0 Å². The zero-order valence-electron chi connectivity index (χ0n) is 10.4. The molecule has 0 aromatic heterocycles. The van der Waals surface area contributed by atoms with Gasteiger partial charge in [-0.1, -0.05) is 33.1 Å². The van der Waals surface area contributed by atoms with Gasteiger partial charge in [-0.3, -0.25) is 4.90 Å². The van der Waals surface area contributed by atoms with Crippen LogP contribution in [-0.4, -0.2) is 36.6 Å². The summed E-state index contributed by atoms with van der Waals surface area (Å²) in [5.74, 6) is 0.816. The Kier molecular flexibility index (Phi) is 3.68. The van der Waals surface area contributed by atoms with Gasteiger partial charge in [0.2, 0.25) is 0 Å². The smallest absolute Gasteiger partial charge is 0.0233 e. The van der Waals surface area contributed by atoms with Crippen LogP contribution in [0.2, 0.25) is 0 Å². The molecule has 1 heterocycles. The van der Waals surface area contributed by atoms with Gasteiger partial charge < -0.3 is 5.32 Å². The maximum atomic E-state index is 3.47. The maximum absolute atomic E-state index is 3.47. The van der Waals surface area contributed by atoms with Crippen LogP contribution >= 0.6 is 0 Å². The molecular formula is C13H26N2. The third-order valence-electron chi connectivity index (χ3n) is 4.54. The van der Waals surface area contributed by atoms with E-state index in [0.717, 1.165) is 5.92 Å². The molecule has 1 aliphatic carbocycles. The third kappa shape index (κ3) is 2.21. The van der Waals surface area contributed by atoms with Crippen molar-refractivity contribution in [2.24, 2.45) is 5.92 Å². The molecule has 1 N–H and O–H groups in total. The van der Waals surface area contributed by atoms with Crippen LogP contribution in [0.3, 0.4) is 0 Å². The first kappa shape index (κ1) is 11.4. The molecule has 0 radical (unpaired) electrons. The molecule has 0 atom stereocenters. The third-order valence-corrected chi connectivity index (χ3v) is 4.54. The van der Waals surface area contributed by atoms with E-state index in [1.165, 1.54) is 58.3 Å². The van der Waals surface area contributed by atoms with Gasteiger partial charge in [-0.2, -0.15) is 0 Å². The Hall–Kier alpha value is -0.0800. The van der Waals surface area contributed by atoms with Crippen LogP contribution < -0.4 is 5.32 Å². The predicted octanol–water partition coefficient (Wildman–Crippen LogP) is 2.25. The Morgan fingerprint density at radius 1 is 1.00 bits per heavy atom. The fourth-order valence-corrected chi connectivity index (χ4v) is 3.53. The van der Waals surface area contributed by atoms with E-state index < -0.39 is 0 Å². The molecule has 0 bridgehead atoms. The molecule has 0 aromatic rings. The topological polar surface area (TPSA) is 15.3 Å². The minimum atomic E-state index is 0.542. The van der Waals surface area contributed by atoms with Crippen molar-refractivity contribution in [2.75, 3.05) is 26.2 Å². The van der Waals surface area contributed by atoms with Crippen molar-refractivity contribution in [3.63, 3.8) is 0 Å². The van der Waals surface area contributed by atoms with Crippen LogP contribution in [0.5, 0.6) is 0 Å². The van der Waals surface area contributed by atoms with Crippen LogP contribution in [0.1, 0.15) is 46.0 Å². The Morgan fingerprint density at radius 3 is 2.13 bits per heavy atom. The van der Waals surface area contributed by atoms with E-state index in [9.17, 15) is 0 Å². The van der Waals surface area contributed by atoms with Gasteiger partial charge in [0.1, 0.15) is 0 Å². The van der Waals surface area contributed by atoms with Crippen molar-refractivity contribution in [3.8, 4) is 0 Å². The molecule has 0 unspecified atom stereocenters. The standard InChI is InChI=1S/C13H26N2/c1-12(2)13(6-4-3-5-7-13)15-10-8-14-9-11-15/h12,14H,3-11H2,1-2H3. The van der Waals surface area contributed by atoms with Gasteiger partial charge in [0, 0.05) is 31.7 Å². The molecule has 15 heavy (non-hydrogen) atoms. The molecule has 0 amide bonds. The number of piperazine rings is 1. The minimum absolute atomic E-state index is 0.542. The molecule has 88 valence electrons. The van der Waals surface area contributed by atoms with E-state index >= 15 is 0 Å². The second-order valence-electron chi connectivity index (χ2n) is 5.56. The molecule has 2 fully saturated rings. The molecule has 1 saturated heterocycles. The predicted molar refractivity (Wildman–Crippen MR) is 65.1 cm³/mol. The zero-order valence-corrected chi connectivity index (χ0v) is 10.4. The van der Waals surface area contributed by atoms with Crippen molar-refractivity contribution in [3.05, 3.63) is 0 Å². The molecule has 2 rings (SSSR count). The maximum Gasteiger partial charge on any atom is 0.0233 e. The number of hydrogen-bond donors (Lipinski definition) is 1. The van der Waals surface area contributed by atoms with Crippen molar-refractivity contribution >= 4 is 0 Å². The highest BCUT2D eigenvalue weighted by atomic mass is 15.2. The molecule has 1 saturated carbocycles. The van der Waals surface area contributed by atoms with E-state index in [1.54, 1.807) is 0 Å².